The van der Waals surface area contributed by atoms with Crippen molar-refractivity contribution >= 4 is 11.8 Å². The Morgan fingerprint density at radius 2 is 0.849 bits per heavy atom. The van der Waals surface area contributed by atoms with Crippen LogP contribution in [-0.2, 0) is 66.4 Å². The first-order chi connectivity index (χ1) is 34.5. The molecule has 15 N–H and O–H groups in total. The Morgan fingerprint density at radius 3 is 1.42 bits per heavy atom. The van der Waals surface area contributed by atoms with Gasteiger partial charge in [-0.15, -0.1) is 0 Å². The zero-order valence-electron chi connectivity index (χ0n) is 41.4. The van der Waals surface area contributed by atoms with Crippen LogP contribution in [-0.4, -0.2) is 283 Å². The van der Waals surface area contributed by atoms with Crippen LogP contribution in [0.3, 0.4) is 0 Å². The van der Waals surface area contributed by atoms with E-state index >= 15 is 0 Å². The second-order valence-corrected chi connectivity index (χ2v) is 19.4. The maximum Gasteiger partial charge on any atom is 0.217 e. The molecule has 424 valence electrons. The van der Waals surface area contributed by atoms with Gasteiger partial charge in [-0.25, -0.2) is 0 Å². The van der Waals surface area contributed by atoms with Gasteiger partial charge in [0.05, 0.1) is 44.2 Å². The Hall–Kier alpha value is -2.06. The first-order valence-corrected chi connectivity index (χ1v) is 24.5. The van der Waals surface area contributed by atoms with Crippen molar-refractivity contribution in [3.8, 4) is 0 Å². The molecule has 0 saturated carbocycles. The molecule has 6 rings (SSSR count). The molecule has 6 fully saturated rings. The van der Waals surface area contributed by atoms with Gasteiger partial charge in [-0.2, -0.15) is 0 Å². The summed E-state index contributed by atoms with van der Waals surface area (Å²) in [6, 6.07) is -2.78. The summed E-state index contributed by atoms with van der Waals surface area (Å²) in [5.41, 5.74) is 0. The van der Waals surface area contributed by atoms with Crippen molar-refractivity contribution in [2.75, 3.05) is 26.4 Å². The molecule has 29 nitrogen and oxygen atoms in total. The molecule has 0 aliphatic carbocycles. The van der Waals surface area contributed by atoms with Crippen LogP contribution in [0.2, 0.25) is 0 Å². The van der Waals surface area contributed by atoms with Crippen molar-refractivity contribution in [2.45, 2.75) is 233 Å². The maximum atomic E-state index is 12.4. The van der Waals surface area contributed by atoms with Gasteiger partial charge in [-0.05, 0) is 27.2 Å². The summed E-state index contributed by atoms with van der Waals surface area (Å²) in [6.07, 6.45) is -43.8. The number of amides is 2. The van der Waals surface area contributed by atoms with E-state index in [1.54, 1.807) is 6.92 Å². The Kier molecular flexibility index (Phi) is 21.5. The molecular formula is C44H76N2O27. The molecule has 0 radical (unpaired) electrons. The fraction of sp³-hybridized carbons (Fsp3) is 0.955. The number of ether oxygens (including phenoxy) is 12. The van der Waals surface area contributed by atoms with Gasteiger partial charge < -0.3 is 134 Å². The average Bonchev–Trinajstić information content (AvgIpc) is 3.34. The van der Waals surface area contributed by atoms with Gasteiger partial charge in [-0.3, -0.25) is 9.59 Å². The lowest BCUT2D eigenvalue weighted by molar-refractivity contribution is -0.408. The molecule has 12 unspecified atom stereocenters. The highest BCUT2D eigenvalue weighted by Gasteiger charge is 2.58. The molecule has 6 aliphatic heterocycles. The van der Waals surface area contributed by atoms with Gasteiger partial charge in [0.25, 0.3) is 0 Å². The summed E-state index contributed by atoms with van der Waals surface area (Å²) in [5.74, 6) is -2.30. The molecule has 73 heavy (non-hydrogen) atoms. The predicted molar refractivity (Wildman–Crippen MR) is 235 cm³/mol. The monoisotopic (exact) mass is 1060 g/mol. The highest BCUT2D eigenvalue weighted by atomic mass is 16.8. The number of aliphatic hydroxyl groups is 13. The van der Waals surface area contributed by atoms with Crippen molar-refractivity contribution in [3.63, 3.8) is 0 Å². The van der Waals surface area contributed by atoms with E-state index in [2.05, 4.69) is 10.6 Å². The number of carbonyl (C=O) groups excluding carboxylic acids is 2. The third kappa shape index (κ3) is 13.3. The topological polar surface area (TPSA) is 432 Å². The van der Waals surface area contributed by atoms with Crippen molar-refractivity contribution in [1.29, 1.82) is 0 Å². The molecule has 6 heterocycles. The number of hydrogen-bond donors (Lipinski definition) is 15. The molecule has 0 aromatic carbocycles. The highest BCUT2D eigenvalue weighted by molar-refractivity contribution is 5.73. The highest BCUT2D eigenvalue weighted by Crippen LogP contribution is 2.39. The normalized spacial score (nSPS) is 49.8. The Balaban J connectivity index is 1.34. The van der Waals surface area contributed by atoms with Crippen LogP contribution in [0.4, 0.5) is 0 Å². The lowest BCUT2D eigenvalue weighted by Crippen LogP contribution is -2.69. The van der Waals surface area contributed by atoms with Crippen molar-refractivity contribution in [3.05, 3.63) is 0 Å². The minimum atomic E-state index is -2.04. The molecule has 0 aromatic rings. The summed E-state index contributed by atoms with van der Waals surface area (Å²) >= 11 is 0. The fourth-order valence-electron chi connectivity index (χ4n) is 9.70. The lowest BCUT2D eigenvalue weighted by atomic mass is 9.91. The van der Waals surface area contributed by atoms with Crippen molar-refractivity contribution < 1.29 is 133 Å². The summed E-state index contributed by atoms with van der Waals surface area (Å²) in [4.78, 5) is 24.9. The van der Waals surface area contributed by atoms with E-state index in [1.165, 1.54) is 27.7 Å². The largest absolute Gasteiger partial charge is 0.394 e. The second-order valence-electron chi connectivity index (χ2n) is 19.4. The van der Waals surface area contributed by atoms with E-state index in [-0.39, 0.29) is 6.61 Å². The van der Waals surface area contributed by atoms with Crippen LogP contribution < -0.4 is 10.6 Å². The molecule has 0 aromatic heterocycles. The van der Waals surface area contributed by atoms with Gasteiger partial charge in [0.15, 0.2) is 37.7 Å². The molecule has 0 bridgehead atoms. The minimum absolute atomic E-state index is 0.175. The van der Waals surface area contributed by atoms with E-state index in [0.29, 0.717) is 6.42 Å². The van der Waals surface area contributed by atoms with E-state index in [4.69, 9.17) is 56.8 Å². The molecule has 6 aliphatic rings. The van der Waals surface area contributed by atoms with Crippen LogP contribution in [0.1, 0.15) is 54.9 Å². The van der Waals surface area contributed by atoms with E-state index in [1.807, 2.05) is 6.92 Å². The molecule has 30 atom stereocenters. The van der Waals surface area contributed by atoms with Crippen LogP contribution in [0, 0.1) is 5.92 Å². The van der Waals surface area contributed by atoms with Gasteiger partial charge in [-0.1, -0.05) is 13.8 Å². The Morgan fingerprint density at radius 1 is 0.411 bits per heavy atom. The number of hydrogen-bond acceptors (Lipinski definition) is 27. The summed E-state index contributed by atoms with van der Waals surface area (Å²) in [5, 5.41) is 147. The second kappa shape index (κ2) is 26.1. The maximum absolute atomic E-state index is 12.4. The van der Waals surface area contributed by atoms with Crippen LogP contribution >= 0.6 is 0 Å². The molecule has 2 amide bonds. The third-order valence-electron chi connectivity index (χ3n) is 13.9. The predicted octanol–water partition coefficient (Wildman–Crippen LogP) is -8.02. The number of nitrogens with one attached hydrogen (secondary N) is 2. The van der Waals surface area contributed by atoms with Crippen molar-refractivity contribution in [2.24, 2.45) is 5.92 Å². The standard InChI is InChI=1S/C44H76N2O27/c1-8-9-62-40-23(46-18(7)51)35(29(57)21(12-49)66-40)70-39-13(2)34(25(53)15(4)63-39)69-43-37(32(60)24(52)14(3)64-43)72-44-38(73-41-22(45-17(6)50)30(58)27(55)19(10-47)67-41)36(26(54)16(5)65-44)71-42-33(61)31(59)28(56)20(11-48)68-42/h13-16,19-44,47-49,52-61H,8-12H2,1-7H3,(H,45,50)(H,46,51)/t13?,14?,15?,16?,19?,20-,21?,22?,23?,24-,25-,26-,27+,28+,29+,30+,31?,32-,33?,34+,35+,36-,37?,38?,39-,40+,41-,42+,43-,44-/m0/s1. The zero-order chi connectivity index (χ0) is 53.9. The van der Waals surface area contributed by atoms with Gasteiger partial charge in [0.1, 0.15) is 116 Å². The average molecular weight is 1070 g/mol. The Bertz CT molecular complexity index is 1750. The van der Waals surface area contributed by atoms with E-state index in [0.717, 1.165) is 6.92 Å². The van der Waals surface area contributed by atoms with E-state index in [9.17, 15) is 76.0 Å². The molecule has 29 heteroatoms. The molecule has 0 spiro atoms. The van der Waals surface area contributed by atoms with Gasteiger partial charge >= 0.3 is 0 Å². The number of rotatable bonds is 18. The summed E-state index contributed by atoms with van der Waals surface area (Å²) in [6.45, 7) is 7.65. The number of aliphatic hydroxyl groups excluding tert-OH is 13. The third-order valence-corrected chi connectivity index (χ3v) is 13.9. The summed E-state index contributed by atoms with van der Waals surface area (Å²) in [7, 11) is 0. The Labute approximate surface area is 420 Å². The van der Waals surface area contributed by atoms with Gasteiger partial charge in [0, 0.05) is 26.4 Å². The van der Waals surface area contributed by atoms with E-state index < -0.39 is 216 Å². The van der Waals surface area contributed by atoms with Gasteiger partial charge in [0.2, 0.25) is 11.8 Å². The van der Waals surface area contributed by atoms with Crippen LogP contribution in [0.25, 0.3) is 0 Å². The van der Waals surface area contributed by atoms with Crippen LogP contribution in [0.15, 0.2) is 0 Å². The number of carbonyl (C=O) groups is 2. The SMILES string of the molecule is CCCO[C@@H]1OC(CO)[C@@H](O)[C@H](O[C@@H]2OC(C)[C@H](O)[C@H](O[C@@H]3OC(C)[C@H](O)[C@H](O)C3O[C@@H]3OC(C)[C@H](O)[C@H](O[C@H]4O[C@@H](CO)[C@@H](O)C(O)C4O)C3O[C@@H]3OC(CO)[C@@H](O)[C@H](O)C3NC(C)=O)C2C)C1NC(C)=O. The first-order valence-electron chi connectivity index (χ1n) is 24.5. The van der Waals surface area contributed by atoms with Crippen LogP contribution in [0.5, 0.6) is 0 Å². The minimum Gasteiger partial charge on any atom is -0.394 e. The smallest absolute Gasteiger partial charge is 0.217 e. The summed E-state index contributed by atoms with van der Waals surface area (Å²) < 4.78 is 73.0. The first kappa shape index (κ1) is 60.2. The molecular weight excluding hydrogens is 988 g/mol. The lowest BCUT2D eigenvalue weighted by Gasteiger charge is -2.51. The quantitative estimate of drug-likeness (QED) is 0.0606. The van der Waals surface area contributed by atoms with Crippen molar-refractivity contribution in [1.82, 2.24) is 10.6 Å². The zero-order valence-corrected chi connectivity index (χ0v) is 41.4. The fourth-order valence-corrected chi connectivity index (χ4v) is 9.70. The molecule has 6 saturated heterocycles.